The number of hydrogen-bond donors (Lipinski definition) is 0. The molecule has 1 spiro atoms. The largest absolute Gasteiger partial charge is 0.381 e. The molecule has 0 N–H and O–H groups in total. The summed E-state index contributed by atoms with van der Waals surface area (Å²) in [7, 11) is 8.16. The number of hydrogen-bond acceptors (Lipinski definition) is 8. The molecule has 0 bridgehead atoms. The molecule has 1 amide bonds. The van der Waals surface area contributed by atoms with Crippen molar-refractivity contribution in [2.45, 2.75) is 19.8 Å². The van der Waals surface area contributed by atoms with Gasteiger partial charge in [-0.2, -0.15) is 10.4 Å². The summed E-state index contributed by atoms with van der Waals surface area (Å²) in [6.45, 7) is 5.68. The monoisotopic (exact) mass is 599 g/mol. The molecule has 7 rings (SSSR count). The van der Waals surface area contributed by atoms with E-state index in [9.17, 15) is 14.4 Å². The second-order valence-electron chi connectivity index (χ2n) is 11.6. The van der Waals surface area contributed by atoms with Crippen LogP contribution in [0.1, 0.15) is 23.9 Å². The molecule has 3 aliphatic rings. The van der Waals surface area contributed by atoms with Crippen LogP contribution in [0.3, 0.4) is 0 Å². The van der Waals surface area contributed by atoms with Crippen LogP contribution in [0.2, 0.25) is 0 Å². The second-order valence-corrected chi connectivity index (χ2v) is 12.6. The van der Waals surface area contributed by atoms with Gasteiger partial charge in [-0.3, -0.25) is 4.79 Å². The van der Waals surface area contributed by atoms with Gasteiger partial charge in [-0.1, -0.05) is 18.3 Å². The lowest BCUT2D eigenvalue weighted by molar-refractivity contribution is -0.149. The predicted molar refractivity (Wildman–Crippen MR) is 160 cm³/mol. The number of halogens is 2. The molecule has 0 aliphatic carbocycles. The molecule has 3 fully saturated rings. The van der Waals surface area contributed by atoms with Gasteiger partial charge in [0, 0.05) is 56.4 Å². The number of nitrogens with zero attached hydrogens (tertiary/aromatic N) is 7. The molecule has 9 nitrogen and oxygen atoms in total. The van der Waals surface area contributed by atoms with E-state index < -0.39 is 5.82 Å². The Morgan fingerprint density at radius 2 is 2.00 bits per heavy atom. The molecule has 2 radical (unpaired) electrons. The minimum atomic E-state index is -0.531. The molecule has 3 aliphatic heterocycles. The van der Waals surface area contributed by atoms with Crippen LogP contribution < -0.4 is 15.4 Å². The number of carbonyl (C=O) groups excluding carboxylic acids is 1. The zero-order valence-electron chi connectivity index (χ0n) is 23.8. The fourth-order valence-corrected chi connectivity index (χ4v) is 7.36. The highest BCUT2D eigenvalue weighted by molar-refractivity contribution is 7.16. The molecule has 1 aromatic carbocycles. The number of amides is 1. The number of pyridine rings is 1. The van der Waals surface area contributed by atoms with Crippen LogP contribution >= 0.6 is 11.3 Å². The molecule has 3 aromatic heterocycles. The highest BCUT2D eigenvalue weighted by Gasteiger charge is 2.54. The molecule has 0 unspecified atom stereocenters. The third-order valence-corrected chi connectivity index (χ3v) is 9.78. The average molecular weight is 599 g/mol. The fourth-order valence-electron chi connectivity index (χ4n) is 6.50. The molecule has 6 heterocycles. The first-order chi connectivity index (χ1) is 20.7. The van der Waals surface area contributed by atoms with Crippen molar-refractivity contribution in [2.24, 2.45) is 11.3 Å². The molecule has 13 heteroatoms. The van der Waals surface area contributed by atoms with Crippen molar-refractivity contribution in [2.75, 3.05) is 56.2 Å². The number of rotatable bonds is 6. The van der Waals surface area contributed by atoms with E-state index in [0.29, 0.717) is 89.7 Å². The molecule has 218 valence electrons. The minimum absolute atomic E-state index is 0.0395. The van der Waals surface area contributed by atoms with Crippen molar-refractivity contribution in [3.8, 4) is 17.3 Å². The quantitative estimate of drug-likeness (QED) is 0.314. The molecule has 3 saturated heterocycles. The first-order valence-electron chi connectivity index (χ1n) is 14.2. The number of nitriles is 1. The average Bonchev–Trinajstić information content (AvgIpc) is 3.72. The van der Waals surface area contributed by atoms with E-state index in [4.69, 9.17) is 17.6 Å². The van der Waals surface area contributed by atoms with Gasteiger partial charge in [0.2, 0.25) is 5.91 Å². The summed E-state index contributed by atoms with van der Waals surface area (Å²) in [4.78, 5) is 23.6. The van der Waals surface area contributed by atoms with Crippen molar-refractivity contribution in [1.82, 2.24) is 19.5 Å². The summed E-state index contributed by atoms with van der Waals surface area (Å²) >= 11 is 1.22. The van der Waals surface area contributed by atoms with Gasteiger partial charge in [-0.25, -0.2) is 18.3 Å². The van der Waals surface area contributed by atoms with E-state index in [0.717, 1.165) is 6.42 Å². The number of thiazole rings is 1. The summed E-state index contributed by atoms with van der Waals surface area (Å²) < 4.78 is 36.0. The summed E-state index contributed by atoms with van der Waals surface area (Å²) in [5.41, 5.74) is 3.41. The minimum Gasteiger partial charge on any atom is -0.381 e. The van der Waals surface area contributed by atoms with Crippen LogP contribution in [-0.2, 0) is 16.0 Å². The van der Waals surface area contributed by atoms with Crippen molar-refractivity contribution >= 4 is 52.7 Å². The topological polar surface area (TPSA) is 90.0 Å². The van der Waals surface area contributed by atoms with E-state index in [1.165, 1.54) is 28.0 Å². The standard InChI is InChI=1S/C30H28BF2N7O2S/c1-3-20-26(37(2)29-35-25(23(11-34)43-29)17-4-6-19(32)7-5-17)22-10-21(24(33)27(31)40(22)36-20)38-13-30(14-38)15-39(16-30)28(41)18-8-9-42-12-18/h4-7,10,18H,3,8-9,12-16H2,1-2H3/t18-/m0/s1. The lowest BCUT2D eigenvalue weighted by Crippen LogP contribution is -2.73. The van der Waals surface area contributed by atoms with E-state index in [2.05, 4.69) is 11.2 Å². The number of fused-ring (bicyclic) bond motifs is 1. The lowest BCUT2D eigenvalue weighted by Gasteiger charge is -2.61. The maximum absolute atomic E-state index is 15.7. The van der Waals surface area contributed by atoms with Crippen LogP contribution in [0.25, 0.3) is 16.8 Å². The summed E-state index contributed by atoms with van der Waals surface area (Å²) in [6, 6.07) is 9.84. The zero-order valence-corrected chi connectivity index (χ0v) is 24.6. The first-order valence-corrected chi connectivity index (χ1v) is 15.0. The lowest BCUT2D eigenvalue weighted by atomic mass is 9.72. The van der Waals surface area contributed by atoms with Crippen molar-refractivity contribution in [3.63, 3.8) is 0 Å². The normalized spacial score (nSPS) is 19.0. The Kier molecular flexibility index (Phi) is 6.67. The van der Waals surface area contributed by atoms with Crippen LogP contribution in [0.15, 0.2) is 30.3 Å². The summed E-state index contributed by atoms with van der Waals surface area (Å²) in [5, 5.41) is 15.0. The maximum atomic E-state index is 15.7. The van der Waals surface area contributed by atoms with Crippen LogP contribution in [0.5, 0.6) is 0 Å². The molecular formula is C30H28BF2N7O2S. The van der Waals surface area contributed by atoms with E-state index in [-0.39, 0.29) is 28.7 Å². The van der Waals surface area contributed by atoms with Crippen LogP contribution in [-0.4, -0.2) is 79.7 Å². The van der Waals surface area contributed by atoms with Gasteiger partial charge in [0.1, 0.15) is 30.3 Å². The Morgan fingerprint density at radius 3 is 2.65 bits per heavy atom. The molecule has 1 atom stereocenters. The van der Waals surface area contributed by atoms with Crippen LogP contribution in [0.4, 0.5) is 25.3 Å². The van der Waals surface area contributed by atoms with Gasteiger partial charge in [0.05, 0.1) is 35.1 Å². The highest BCUT2D eigenvalue weighted by Crippen LogP contribution is 2.45. The van der Waals surface area contributed by atoms with Gasteiger partial charge < -0.3 is 19.4 Å². The van der Waals surface area contributed by atoms with Crippen molar-refractivity contribution in [3.05, 3.63) is 52.5 Å². The third-order valence-electron chi connectivity index (χ3n) is 8.74. The van der Waals surface area contributed by atoms with Crippen molar-refractivity contribution in [1.29, 1.82) is 5.26 Å². The molecular weight excluding hydrogens is 571 g/mol. The third kappa shape index (κ3) is 4.46. The maximum Gasteiger partial charge on any atom is 0.228 e. The Hall–Kier alpha value is -4.02. The number of likely N-dealkylation sites (tertiary alicyclic amines) is 1. The van der Waals surface area contributed by atoms with Gasteiger partial charge >= 0.3 is 0 Å². The number of carbonyl (C=O) groups is 1. The van der Waals surface area contributed by atoms with Gasteiger partial charge in [-0.15, -0.1) is 0 Å². The number of aromatic nitrogens is 3. The Morgan fingerprint density at radius 1 is 1.26 bits per heavy atom. The summed E-state index contributed by atoms with van der Waals surface area (Å²) in [5.74, 6) is -0.796. The van der Waals surface area contributed by atoms with Crippen molar-refractivity contribution < 1.29 is 18.3 Å². The first kappa shape index (κ1) is 27.8. The Bertz CT molecular complexity index is 1780. The zero-order chi connectivity index (χ0) is 30.0. The number of ether oxygens (including phenoxy) is 1. The SMILES string of the molecule is [B]c1c(F)c(N2CC3(CN(C(=O)[C@H]4CCOC4)C3)C2)cc2c(N(C)c3nc(-c4ccc(F)cc4)c(C#N)s3)c(CC)nn12. The number of aryl methyl sites for hydroxylation is 1. The Balaban J connectivity index is 1.18. The highest BCUT2D eigenvalue weighted by atomic mass is 32.1. The van der Waals surface area contributed by atoms with Crippen LogP contribution in [0, 0.1) is 34.3 Å². The van der Waals surface area contributed by atoms with Gasteiger partial charge in [0.25, 0.3) is 0 Å². The van der Waals surface area contributed by atoms with Gasteiger partial charge in [0.15, 0.2) is 10.9 Å². The molecule has 43 heavy (non-hydrogen) atoms. The smallest absolute Gasteiger partial charge is 0.228 e. The van der Waals surface area contributed by atoms with Gasteiger partial charge in [-0.05, 0) is 43.2 Å². The van der Waals surface area contributed by atoms with E-state index in [1.807, 2.05) is 28.7 Å². The molecule has 0 saturated carbocycles. The Labute approximate surface area is 252 Å². The molecule has 4 aromatic rings. The fraction of sp³-hybridized carbons (Fsp3) is 0.400. The number of benzene rings is 1. The number of anilines is 3. The summed E-state index contributed by atoms with van der Waals surface area (Å²) in [6.07, 6.45) is 1.33. The van der Waals surface area contributed by atoms with E-state index in [1.54, 1.807) is 18.2 Å². The second kappa shape index (κ2) is 10.3. The predicted octanol–water partition coefficient (Wildman–Crippen LogP) is 3.42. The van der Waals surface area contributed by atoms with E-state index >= 15 is 4.39 Å².